The van der Waals surface area contributed by atoms with E-state index in [1.165, 1.54) is 25.0 Å². The van der Waals surface area contributed by atoms with E-state index in [0.29, 0.717) is 6.04 Å². The minimum Gasteiger partial charge on any atom is -0.310 e. The summed E-state index contributed by atoms with van der Waals surface area (Å²) >= 11 is 0. The third-order valence-corrected chi connectivity index (χ3v) is 3.19. The molecule has 0 heterocycles. The highest BCUT2D eigenvalue weighted by Gasteiger charge is 2.27. The lowest BCUT2D eigenvalue weighted by atomic mass is 10.1. The van der Waals surface area contributed by atoms with Crippen LogP contribution in [0.4, 0.5) is 8.78 Å². The van der Waals surface area contributed by atoms with Crippen molar-refractivity contribution in [3.8, 4) is 0 Å². The molecule has 1 aromatic carbocycles. The van der Waals surface area contributed by atoms with E-state index in [0.717, 1.165) is 18.0 Å². The minimum atomic E-state index is -2.37. The van der Waals surface area contributed by atoms with Crippen molar-refractivity contribution in [1.29, 1.82) is 0 Å². The number of hydrogen-bond acceptors (Lipinski definition) is 1. The molecule has 1 nitrogen and oxygen atoms in total. The topological polar surface area (TPSA) is 12.0 Å². The molecule has 1 fully saturated rings. The Hall–Kier alpha value is -0.960. The highest BCUT2D eigenvalue weighted by molar-refractivity contribution is 5.23. The summed E-state index contributed by atoms with van der Waals surface area (Å²) < 4.78 is 24.6. The summed E-state index contributed by atoms with van der Waals surface area (Å²) in [6.07, 6.45) is 0.268. The van der Waals surface area contributed by atoms with Crippen LogP contribution in [0.5, 0.6) is 0 Å². The molecule has 1 saturated carbocycles. The van der Waals surface area contributed by atoms with Crippen molar-refractivity contribution in [3.05, 3.63) is 35.4 Å². The van der Waals surface area contributed by atoms with E-state index in [2.05, 4.69) is 12.2 Å². The fourth-order valence-electron chi connectivity index (χ4n) is 1.82. The molecule has 1 aromatic rings. The van der Waals surface area contributed by atoms with E-state index in [1.54, 1.807) is 12.1 Å². The molecule has 88 valence electrons. The molecule has 0 amide bonds. The molecule has 2 rings (SSSR count). The normalized spacial score (nSPS) is 17.8. The molecule has 3 heteroatoms. The van der Waals surface area contributed by atoms with Crippen LogP contribution < -0.4 is 5.32 Å². The molecular weight excluding hydrogens is 208 g/mol. The Balaban J connectivity index is 1.84. The van der Waals surface area contributed by atoms with Gasteiger partial charge >= 0.3 is 0 Å². The zero-order chi connectivity index (χ0) is 11.5. The summed E-state index contributed by atoms with van der Waals surface area (Å²) in [6.45, 7) is 2.95. The summed E-state index contributed by atoms with van der Waals surface area (Å²) in [5, 5.41) is 3.42. The van der Waals surface area contributed by atoms with Crippen molar-refractivity contribution in [2.75, 3.05) is 0 Å². The molecule has 1 aliphatic carbocycles. The Morgan fingerprint density at radius 2 is 1.88 bits per heavy atom. The summed E-state index contributed by atoms with van der Waals surface area (Å²) in [5.41, 5.74) is 1.16. The Morgan fingerprint density at radius 1 is 1.25 bits per heavy atom. The van der Waals surface area contributed by atoms with Crippen molar-refractivity contribution in [2.45, 2.75) is 38.8 Å². The molecular formula is C13H17F2N. The van der Waals surface area contributed by atoms with Crippen molar-refractivity contribution in [1.82, 2.24) is 5.32 Å². The molecule has 0 aromatic heterocycles. The second-order valence-electron chi connectivity index (χ2n) is 4.55. The second-order valence-corrected chi connectivity index (χ2v) is 4.55. The minimum absolute atomic E-state index is 0.0963. The van der Waals surface area contributed by atoms with Crippen LogP contribution >= 0.6 is 0 Å². The Labute approximate surface area is 94.9 Å². The maximum atomic E-state index is 12.3. The van der Waals surface area contributed by atoms with E-state index in [-0.39, 0.29) is 5.56 Å². The molecule has 16 heavy (non-hydrogen) atoms. The fraction of sp³-hybridized carbons (Fsp3) is 0.538. The highest BCUT2D eigenvalue weighted by Crippen LogP contribution is 2.32. The number of alkyl halides is 2. The van der Waals surface area contributed by atoms with Crippen LogP contribution in [0.3, 0.4) is 0 Å². The van der Waals surface area contributed by atoms with Gasteiger partial charge in [-0.05, 0) is 31.2 Å². The molecule has 1 N–H and O–H groups in total. The average Bonchev–Trinajstić information content (AvgIpc) is 3.10. The predicted molar refractivity (Wildman–Crippen MR) is 60.4 cm³/mol. The lowest BCUT2D eigenvalue weighted by molar-refractivity contribution is 0.151. The van der Waals surface area contributed by atoms with Crippen LogP contribution in [0.1, 0.15) is 37.3 Å². The highest BCUT2D eigenvalue weighted by atomic mass is 19.3. The van der Waals surface area contributed by atoms with E-state index >= 15 is 0 Å². The molecule has 1 aliphatic rings. The quantitative estimate of drug-likeness (QED) is 0.808. The summed E-state index contributed by atoms with van der Waals surface area (Å²) in [6, 6.07) is 7.09. The second kappa shape index (κ2) is 4.91. The maximum Gasteiger partial charge on any atom is 0.263 e. The SMILES string of the molecule is CC(NCc1ccc(C(F)F)cc1)C1CC1. The number of nitrogens with one attached hydrogen (secondary N) is 1. The number of hydrogen-bond donors (Lipinski definition) is 1. The van der Waals surface area contributed by atoms with Crippen molar-refractivity contribution < 1.29 is 8.78 Å². The van der Waals surface area contributed by atoms with Gasteiger partial charge in [-0.25, -0.2) is 8.78 Å². The maximum absolute atomic E-state index is 12.3. The van der Waals surface area contributed by atoms with E-state index in [1.807, 2.05) is 0 Å². The zero-order valence-electron chi connectivity index (χ0n) is 9.42. The van der Waals surface area contributed by atoms with Crippen LogP contribution in [0.15, 0.2) is 24.3 Å². The Kier molecular flexibility index (Phi) is 3.54. The molecule has 1 atom stereocenters. The fourth-order valence-corrected chi connectivity index (χ4v) is 1.82. The van der Waals surface area contributed by atoms with E-state index in [4.69, 9.17) is 0 Å². The lowest BCUT2D eigenvalue weighted by Crippen LogP contribution is -2.27. The first-order chi connectivity index (χ1) is 7.66. The molecule has 0 saturated heterocycles. The van der Waals surface area contributed by atoms with Crippen molar-refractivity contribution in [2.24, 2.45) is 5.92 Å². The molecule has 0 bridgehead atoms. The van der Waals surface area contributed by atoms with Gasteiger partial charge < -0.3 is 5.32 Å². The van der Waals surface area contributed by atoms with Gasteiger partial charge in [-0.2, -0.15) is 0 Å². The summed E-state index contributed by atoms with van der Waals surface area (Å²) in [7, 11) is 0. The van der Waals surface area contributed by atoms with Crippen molar-refractivity contribution >= 4 is 0 Å². The Bertz CT molecular complexity index is 330. The number of rotatable bonds is 5. The predicted octanol–water partition coefficient (Wildman–Crippen LogP) is 3.51. The average molecular weight is 225 g/mol. The first-order valence-corrected chi connectivity index (χ1v) is 5.77. The molecule has 0 spiro atoms. The van der Waals surface area contributed by atoms with Gasteiger partial charge in [0.05, 0.1) is 0 Å². The number of benzene rings is 1. The van der Waals surface area contributed by atoms with Gasteiger partial charge in [0.2, 0.25) is 0 Å². The Morgan fingerprint density at radius 3 is 2.38 bits per heavy atom. The van der Waals surface area contributed by atoms with Crippen LogP contribution in [0, 0.1) is 5.92 Å². The van der Waals surface area contributed by atoms with Gasteiger partial charge in [0, 0.05) is 18.2 Å². The third kappa shape index (κ3) is 3.01. The van der Waals surface area contributed by atoms with Gasteiger partial charge in [-0.1, -0.05) is 24.3 Å². The van der Waals surface area contributed by atoms with E-state index < -0.39 is 6.43 Å². The van der Waals surface area contributed by atoms with Gasteiger partial charge in [0.15, 0.2) is 0 Å². The number of halogens is 2. The van der Waals surface area contributed by atoms with Gasteiger partial charge in [-0.15, -0.1) is 0 Å². The first kappa shape index (κ1) is 11.5. The lowest BCUT2D eigenvalue weighted by Gasteiger charge is -2.12. The van der Waals surface area contributed by atoms with Gasteiger partial charge in [-0.3, -0.25) is 0 Å². The summed E-state index contributed by atoms with van der Waals surface area (Å²) in [4.78, 5) is 0. The third-order valence-electron chi connectivity index (χ3n) is 3.19. The van der Waals surface area contributed by atoms with Crippen LogP contribution in [-0.2, 0) is 6.54 Å². The van der Waals surface area contributed by atoms with Crippen LogP contribution in [0.2, 0.25) is 0 Å². The van der Waals surface area contributed by atoms with Crippen molar-refractivity contribution in [3.63, 3.8) is 0 Å². The monoisotopic (exact) mass is 225 g/mol. The zero-order valence-corrected chi connectivity index (χ0v) is 9.42. The largest absolute Gasteiger partial charge is 0.310 e. The molecule has 0 aliphatic heterocycles. The van der Waals surface area contributed by atoms with Crippen LogP contribution in [0.25, 0.3) is 0 Å². The summed E-state index contributed by atoms with van der Waals surface area (Å²) in [5.74, 6) is 0.820. The molecule has 0 radical (unpaired) electrons. The first-order valence-electron chi connectivity index (χ1n) is 5.77. The van der Waals surface area contributed by atoms with Gasteiger partial charge in [0.1, 0.15) is 0 Å². The molecule has 1 unspecified atom stereocenters. The standard InChI is InChI=1S/C13H17F2N/c1-9(11-6-7-11)16-8-10-2-4-12(5-3-10)13(14)15/h2-5,9,11,13,16H,6-8H2,1H3. The van der Waals surface area contributed by atoms with Gasteiger partial charge in [0.25, 0.3) is 6.43 Å². The van der Waals surface area contributed by atoms with E-state index in [9.17, 15) is 8.78 Å². The van der Waals surface area contributed by atoms with Crippen LogP contribution in [-0.4, -0.2) is 6.04 Å². The smallest absolute Gasteiger partial charge is 0.263 e.